The molecule has 0 N–H and O–H groups in total. The van der Waals surface area contributed by atoms with Crippen LogP contribution in [0, 0.1) is 23.4 Å². The van der Waals surface area contributed by atoms with Gasteiger partial charge in [0.25, 0.3) is 0 Å². The number of hydrogen-bond acceptors (Lipinski definition) is 0. The molecule has 0 aliphatic heterocycles. The second-order valence-corrected chi connectivity index (χ2v) is 10.6. The molecular weight excluding hydrogens is 465 g/mol. The molecule has 4 rings (SSSR count). The molecule has 3 aromatic rings. The van der Waals surface area contributed by atoms with Gasteiger partial charge in [-0.2, -0.15) is 0 Å². The van der Waals surface area contributed by atoms with E-state index in [0.29, 0.717) is 5.56 Å². The molecule has 0 atom stereocenters. The SMILES string of the molecule is CCCCCc1ccc(-c2ccc(C=Cc3ccc(C4CCC(CCC)CC4)c(F)c3F)cc2)cc1F. The summed E-state index contributed by atoms with van der Waals surface area (Å²) in [7, 11) is 0. The van der Waals surface area contributed by atoms with Gasteiger partial charge >= 0.3 is 0 Å². The number of rotatable bonds is 10. The van der Waals surface area contributed by atoms with Gasteiger partial charge in [-0.15, -0.1) is 0 Å². The summed E-state index contributed by atoms with van der Waals surface area (Å²) in [5.41, 5.74) is 4.18. The van der Waals surface area contributed by atoms with Crippen molar-refractivity contribution in [3.63, 3.8) is 0 Å². The van der Waals surface area contributed by atoms with Gasteiger partial charge in [-0.3, -0.25) is 0 Å². The molecule has 0 bridgehead atoms. The molecular formula is C34H39F3. The quantitative estimate of drug-likeness (QED) is 0.190. The molecule has 1 aliphatic carbocycles. The van der Waals surface area contributed by atoms with Crippen molar-refractivity contribution in [2.24, 2.45) is 5.92 Å². The van der Waals surface area contributed by atoms with Crippen LogP contribution in [0.4, 0.5) is 13.2 Å². The Balaban J connectivity index is 1.41. The number of hydrogen-bond donors (Lipinski definition) is 0. The third-order valence-electron chi connectivity index (χ3n) is 7.93. The van der Waals surface area contributed by atoms with Crippen LogP contribution in [0.15, 0.2) is 54.6 Å². The van der Waals surface area contributed by atoms with Crippen molar-refractivity contribution in [3.05, 3.63) is 94.3 Å². The van der Waals surface area contributed by atoms with E-state index in [-0.39, 0.29) is 17.3 Å². The normalized spacial score (nSPS) is 18.0. The molecule has 1 fully saturated rings. The van der Waals surface area contributed by atoms with E-state index in [4.69, 9.17) is 0 Å². The first kappa shape index (κ1) is 27.2. The van der Waals surface area contributed by atoms with Gasteiger partial charge in [-0.1, -0.05) is 100 Å². The maximum absolute atomic E-state index is 15.0. The molecule has 3 aromatic carbocycles. The highest BCUT2D eigenvalue weighted by molar-refractivity contribution is 5.72. The molecule has 1 saturated carbocycles. The maximum atomic E-state index is 15.0. The molecule has 0 aromatic heterocycles. The van der Waals surface area contributed by atoms with Gasteiger partial charge in [0.2, 0.25) is 0 Å². The van der Waals surface area contributed by atoms with Crippen molar-refractivity contribution >= 4 is 12.2 Å². The Hall–Kier alpha value is -2.81. The molecule has 0 radical (unpaired) electrons. The number of unbranched alkanes of at least 4 members (excludes halogenated alkanes) is 2. The molecule has 0 nitrogen and oxygen atoms in total. The Bertz CT molecular complexity index is 1180. The van der Waals surface area contributed by atoms with Gasteiger partial charge in [0.15, 0.2) is 11.6 Å². The number of halogens is 3. The highest BCUT2D eigenvalue weighted by atomic mass is 19.2. The smallest absolute Gasteiger partial charge is 0.166 e. The van der Waals surface area contributed by atoms with Crippen LogP contribution >= 0.6 is 0 Å². The fourth-order valence-corrected chi connectivity index (χ4v) is 5.66. The van der Waals surface area contributed by atoms with Gasteiger partial charge in [-0.05, 0) is 84.2 Å². The fourth-order valence-electron chi connectivity index (χ4n) is 5.66. The summed E-state index contributed by atoms with van der Waals surface area (Å²) >= 11 is 0. The summed E-state index contributed by atoms with van der Waals surface area (Å²) in [6.07, 6.45) is 13.9. The summed E-state index contributed by atoms with van der Waals surface area (Å²) < 4.78 is 44.4. The van der Waals surface area contributed by atoms with Crippen molar-refractivity contribution < 1.29 is 13.2 Å². The monoisotopic (exact) mass is 504 g/mol. The van der Waals surface area contributed by atoms with Crippen LogP contribution in [0.3, 0.4) is 0 Å². The van der Waals surface area contributed by atoms with Crippen molar-refractivity contribution in [1.82, 2.24) is 0 Å². The first-order chi connectivity index (χ1) is 18.0. The van der Waals surface area contributed by atoms with Gasteiger partial charge in [0.05, 0.1) is 0 Å². The van der Waals surface area contributed by atoms with E-state index in [2.05, 4.69) is 13.8 Å². The summed E-state index contributed by atoms with van der Waals surface area (Å²) in [6.45, 7) is 4.35. The average Bonchev–Trinajstić information content (AvgIpc) is 2.92. The third-order valence-corrected chi connectivity index (χ3v) is 7.93. The standard InChI is InChI=1S/C34H39F3/c1-3-5-6-8-28-19-20-30(23-32(28)35)26-14-9-25(10-15-26)13-18-29-21-22-31(34(37)33(29)36)27-16-11-24(7-4-2)12-17-27/h9-10,13-15,18-24,27H,3-8,11-12,16-17H2,1-2H3. The lowest BCUT2D eigenvalue weighted by molar-refractivity contribution is 0.303. The molecule has 0 amide bonds. The largest absolute Gasteiger partial charge is 0.207 e. The van der Waals surface area contributed by atoms with E-state index in [9.17, 15) is 13.2 Å². The van der Waals surface area contributed by atoms with Crippen molar-refractivity contribution in [2.75, 3.05) is 0 Å². The minimum Gasteiger partial charge on any atom is -0.207 e. The van der Waals surface area contributed by atoms with Gasteiger partial charge in [0.1, 0.15) is 5.82 Å². The molecule has 0 heterocycles. The second kappa shape index (κ2) is 13.1. The van der Waals surface area contributed by atoms with Crippen LogP contribution in [0.1, 0.15) is 99.8 Å². The van der Waals surface area contributed by atoms with E-state index < -0.39 is 11.6 Å². The first-order valence-corrected chi connectivity index (χ1v) is 14.0. The van der Waals surface area contributed by atoms with Crippen LogP contribution in [0.5, 0.6) is 0 Å². The van der Waals surface area contributed by atoms with Crippen molar-refractivity contribution in [2.45, 2.75) is 84.0 Å². The van der Waals surface area contributed by atoms with Crippen LogP contribution in [0.2, 0.25) is 0 Å². The molecule has 0 unspecified atom stereocenters. The predicted octanol–water partition coefficient (Wildman–Crippen LogP) is 10.7. The second-order valence-electron chi connectivity index (χ2n) is 10.6. The first-order valence-electron chi connectivity index (χ1n) is 14.0. The highest BCUT2D eigenvalue weighted by Crippen LogP contribution is 2.39. The zero-order valence-corrected chi connectivity index (χ0v) is 22.2. The Labute approximate surface area is 220 Å². The molecule has 0 saturated heterocycles. The topological polar surface area (TPSA) is 0 Å². The molecule has 196 valence electrons. The highest BCUT2D eigenvalue weighted by Gasteiger charge is 2.25. The molecule has 37 heavy (non-hydrogen) atoms. The van der Waals surface area contributed by atoms with Crippen LogP contribution in [-0.2, 0) is 6.42 Å². The van der Waals surface area contributed by atoms with Gasteiger partial charge in [0, 0.05) is 5.56 Å². The van der Waals surface area contributed by atoms with E-state index in [1.807, 2.05) is 36.4 Å². The lowest BCUT2D eigenvalue weighted by atomic mass is 9.77. The predicted molar refractivity (Wildman–Crippen MR) is 150 cm³/mol. The Morgan fingerprint density at radius 2 is 1.46 bits per heavy atom. The lowest BCUT2D eigenvalue weighted by Crippen LogP contribution is -2.15. The van der Waals surface area contributed by atoms with E-state index >= 15 is 0 Å². The zero-order chi connectivity index (χ0) is 26.2. The van der Waals surface area contributed by atoms with Crippen LogP contribution in [-0.4, -0.2) is 0 Å². The third kappa shape index (κ3) is 6.94. The fraction of sp³-hybridized carbons (Fsp3) is 0.412. The number of benzene rings is 3. The van der Waals surface area contributed by atoms with E-state index in [0.717, 1.165) is 79.5 Å². The van der Waals surface area contributed by atoms with Crippen molar-refractivity contribution in [1.29, 1.82) is 0 Å². The minimum absolute atomic E-state index is 0.114. The van der Waals surface area contributed by atoms with Crippen LogP contribution < -0.4 is 0 Å². The summed E-state index contributed by atoms with van der Waals surface area (Å²) in [6, 6.07) is 16.6. The van der Waals surface area contributed by atoms with Crippen LogP contribution in [0.25, 0.3) is 23.3 Å². The molecule has 3 heteroatoms. The molecule has 0 spiro atoms. The average molecular weight is 505 g/mol. The Morgan fingerprint density at radius 1 is 0.730 bits per heavy atom. The lowest BCUT2D eigenvalue weighted by Gasteiger charge is -2.29. The van der Waals surface area contributed by atoms with Crippen molar-refractivity contribution in [3.8, 4) is 11.1 Å². The van der Waals surface area contributed by atoms with E-state index in [1.54, 1.807) is 30.4 Å². The Morgan fingerprint density at radius 3 is 2.14 bits per heavy atom. The molecule has 1 aliphatic rings. The van der Waals surface area contributed by atoms with Gasteiger partial charge in [-0.25, -0.2) is 13.2 Å². The zero-order valence-electron chi connectivity index (χ0n) is 22.2. The summed E-state index contributed by atoms with van der Waals surface area (Å²) in [5, 5.41) is 0. The minimum atomic E-state index is -0.768. The maximum Gasteiger partial charge on any atom is 0.166 e. The summed E-state index contributed by atoms with van der Waals surface area (Å²) in [5.74, 6) is -0.778. The van der Waals surface area contributed by atoms with Gasteiger partial charge < -0.3 is 0 Å². The number of aryl methyl sites for hydroxylation is 1. The Kier molecular flexibility index (Phi) is 9.66. The van der Waals surface area contributed by atoms with E-state index in [1.165, 1.54) is 12.8 Å². The summed E-state index contributed by atoms with van der Waals surface area (Å²) in [4.78, 5) is 0.